The Morgan fingerprint density at radius 1 is 1.26 bits per heavy atom. The number of rotatable bonds is 3. The van der Waals surface area contributed by atoms with E-state index in [0.29, 0.717) is 34.6 Å². The molecule has 3 aromatic rings. The molecular weight excluding hydrogens is 294 g/mol. The Morgan fingerprint density at radius 2 is 2.04 bits per heavy atom. The van der Waals surface area contributed by atoms with Gasteiger partial charge in [0.2, 0.25) is 0 Å². The lowest BCUT2D eigenvalue weighted by Crippen LogP contribution is -2.13. The van der Waals surface area contributed by atoms with Gasteiger partial charge in [0.05, 0.1) is 24.2 Å². The van der Waals surface area contributed by atoms with Crippen LogP contribution in [0.3, 0.4) is 0 Å². The molecule has 0 saturated carbocycles. The second kappa shape index (κ2) is 6.10. The number of carbonyl (C=O) groups is 1. The third-order valence-corrected chi connectivity index (χ3v) is 3.60. The molecule has 2 aromatic carbocycles. The number of benzene rings is 2. The summed E-state index contributed by atoms with van der Waals surface area (Å²) in [6.45, 7) is 1.87. The summed E-state index contributed by atoms with van der Waals surface area (Å²) in [4.78, 5) is 16.1. The Kier molecular flexibility index (Phi) is 3.99. The van der Waals surface area contributed by atoms with Gasteiger partial charge in [0.1, 0.15) is 0 Å². The van der Waals surface area contributed by atoms with Crippen LogP contribution in [0.2, 0.25) is 0 Å². The van der Waals surface area contributed by atoms with E-state index in [4.69, 9.17) is 10.5 Å². The van der Waals surface area contributed by atoms with Crippen LogP contribution in [0.25, 0.3) is 21.8 Å². The van der Waals surface area contributed by atoms with Crippen molar-refractivity contribution in [3.8, 4) is 0 Å². The van der Waals surface area contributed by atoms with Crippen molar-refractivity contribution in [2.45, 2.75) is 13.5 Å². The summed E-state index contributed by atoms with van der Waals surface area (Å²) in [6.07, 6.45) is -0.507. The molecule has 1 aromatic heterocycles. The van der Waals surface area contributed by atoms with Crippen molar-refractivity contribution in [3.05, 3.63) is 42.0 Å². The molecule has 0 fully saturated rings. The number of pyridine rings is 1. The number of nitrogens with zero attached hydrogens (tertiary/aromatic N) is 1. The molecule has 118 valence electrons. The minimum atomic E-state index is -0.507. The van der Waals surface area contributed by atoms with E-state index in [9.17, 15) is 9.90 Å². The van der Waals surface area contributed by atoms with Crippen LogP contribution in [0, 0.1) is 0 Å². The predicted molar refractivity (Wildman–Crippen MR) is 90.2 cm³/mol. The number of hydrogen-bond acceptors (Lipinski definition) is 5. The van der Waals surface area contributed by atoms with Gasteiger partial charge in [-0.15, -0.1) is 0 Å². The Hall–Kier alpha value is -2.86. The lowest BCUT2D eigenvalue weighted by Gasteiger charge is -2.10. The monoisotopic (exact) mass is 311 g/mol. The molecule has 0 radical (unpaired) electrons. The number of hydrogen-bond donors (Lipinski definition) is 3. The van der Waals surface area contributed by atoms with Gasteiger partial charge in [0.15, 0.2) is 0 Å². The van der Waals surface area contributed by atoms with Gasteiger partial charge < -0.3 is 15.6 Å². The number of aliphatic hydroxyl groups excluding tert-OH is 1. The van der Waals surface area contributed by atoms with Gasteiger partial charge in [-0.1, -0.05) is 12.1 Å². The highest BCUT2D eigenvalue weighted by Gasteiger charge is 2.09. The van der Waals surface area contributed by atoms with Crippen LogP contribution in [0.15, 0.2) is 36.4 Å². The quantitative estimate of drug-likeness (QED) is 0.510. The van der Waals surface area contributed by atoms with Crippen molar-refractivity contribution in [2.75, 3.05) is 17.7 Å². The van der Waals surface area contributed by atoms with E-state index in [2.05, 4.69) is 10.3 Å². The Labute approximate surface area is 132 Å². The summed E-state index contributed by atoms with van der Waals surface area (Å²) in [7, 11) is 0. The number of nitrogens with two attached hydrogens (primary N) is 1. The lowest BCUT2D eigenvalue weighted by molar-refractivity contribution is 0.168. The maximum absolute atomic E-state index is 11.5. The first-order chi connectivity index (χ1) is 11.1. The minimum Gasteiger partial charge on any atom is -0.450 e. The van der Waals surface area contributed by atoms with Crippen molar-refractivity contribution in [1.82, 2.24) is 4.98 Å². The molecule has 4 N–H and O–H groups in total. The van der Waals surface area contributed by atoms with Gasteiger partial charge in [0.25, 0.3) is 0 Å². The standard InChI is InChI=1S/C17H17N3O3/c1-2-23-17(22)19-12-5-3-10-7-11-4-6-14(18)13(9-21)16(11)20-15(10)8-12/h3-8,21H,2,9,18H2,1H3,(H,19,22). The molecule has 3 rings (SSSR count). The summed E-state index contributed by atoms with van der Waals surface area (Å²) in [6, 6.07) is 11.0. The van der Waals surface area contributed by atoms with Gasteiger partial charge in [-0.05, 0) is 31.2 Å². The van der Waals surface area contributed by atoms with Gasteiger partial charge in [-0.3, -0.25) is 5.32 Å². The van der Waals surface area contributed by atoms with Gasteiger partial charge in [-0.2, -0.15) is 0 Å². The minimum absolute atomic E-state index is 0.178. The van der Waals surface area contributed by atoms with Crippen molar-refractivity contribution < 1.29 is 14.6 Å². The van der Waals surface area contributed by atoms with E-state index in [1.54, 1.807) is 25.1 Å². The van der Waals surface area contributed by atoms with E-state index in [1.807, 2.05) is 18.2 Å². The fraction of sp³-hybridized carbons (Fsp3) is 0.176. The second-order valence-electron chi connectivity index (χ2n) is 5.10. The Bertz CT molecular complexity index is 893. The number of nitrogens with one attached hydrogen (secondary N) is 1. The van der Waals surface area contributed by atoms with Crippen molar-refractivity contribution in [1.29, 1.82) is 0 Å². The zero-order chi connectivity index (χ0) is 16.4. The largest absolute Gasteiger partial charge is 0.450 e. The number of fused-ring (bicyclic) bond motifs is 2. The third-order valence-electron chi connectivity index (χ3n) is 3.60. The molecule has 0 unspecified atom stereocenters. The summed E-state index contributed by atoms with van der Waals surface area (Å²) < 4.78 is 4.86. The molecule has 0 aliphatic rings. The maximum Gasteiger partial charge on any atom is 0.411 e. The number of nitrogen functional groups attached to an aromatic ring is 1. The fourth-order valence-electron chi connectivity index (χ4n) is 2.50. The topological polar surface area (TPSA) is 97.5 Å². The van der Waals surface area contributed by atoms with E-state index in [0.717, 1.165) is 10.8 Å². The molecule has 1 amide bonds. The van der Waals surface area contributed by atoms with Crippen molar-refractivity contribution >= 4 is 39.3 Å². The normalized spacial score (nSPS) is 10.9. The van der Waals surface area contributed by atoms with E-state index in [-0.39, 0.29) is 6.61 Å². The van der Waals surface area contributed by atoms with E-state index in [1.165, 1.54) is 0 Å². The molecule has 6 heteroatoms. The molecule has 0 aliphatic carbocycles. The smallest absolute Gasteiger partial charge is 0.411 e. The van der Waals surface area contributed by atoms with E-state index >= 15 is 0 Å². The zero-order valence-electron chi connectivity index (χ0n) is 12.7. The Balaban J connectivity index is 2.10. The average Bonchev–Trinajstić information content (AvgIpc) is 2.53. The summed E-state index contributed by atoms with van der Waals surface area (Å²) in [5.74, 6) is 0. The fourth-order valence-corrected chi connectivity index (χ4v) is 2.50. The summed E-state index contributed by atoms with van der Waals surface area (Å²) in [5, 5.41) is 14.0. The number of anilines is 2. The highest BCUT2D eigenvalue weighted by Crippen LogP contribution is 2.27. The summed E-state index contributed by atoms with van der Waals surface area (Å²) >= 11 is 0. The van der Waals surface area contributed by atoms with Crippen LogP contribution in [-0.4, -0.2) is 22.8 Å². The van der Waals surface area contributed by atoms with Crippen LogP contribution < -0.4 is 11.1 Å². The first-order valence-corrected chi connectivity index (χ1v) is 7.29. The van der Waals surface area contributed by atoms with Crippen LogP contribution >= 0.6 is 0 Å². The molecule has 0 aliphatic heterocycles. The summed E-state index contributed by atoms with van der Waals surface area (Å²) in [5.41, 5.74) is 8.96. The van der Waals surface area contributed by atoms with Crippen molar-refractivity contribution in [3.63, 3.8) is 0 Å². The molecule has 0 spiro atoms. The number of aromatic nitrogens is 1. The molecular formula is C17H17N3O3. The van der Waals surface area contributed by atoms with Crippen LogP contribution in [0.5, 0.6) is 0 Å². The van der Waals surface area contributed by atoms with Crippen molar-refractivity contribution in [2.24, 2.45) is 0 Å². The SMILES string of the molecule is CCOC(=O)Nc1ccc2cc3ccc(N)c(CO)c3nc2c1. The van der Waals surface area contributed by atoms with Gasteiger partial charge in [0, 0.05) is 27.7 Å². The van der Waals surface area contributed by atoms with Crippen LogP contribution in [-0.2, 0) is 11.3 Å². The average molecular weight is 311 g/mol. The number of carbonyl (C=O) groups excluding carboxylic acids is 1. The highest BCUT2D eigenvalue weighted by molar-refractivity contribution is 5.98. The molecule has 0 bridgehead atoms. The van der Waals surface area contributed by atoms with Crippen LogP contribution in [0.4, 0.5) is 16.2 Å². The lowest BCUT2D eigenvalue weighted by atomic mass is 10.1. The maximum atomic E-state index is 11.5. The first kappa shape index (κ1) is 15.1. The molecule has 0 saturated heterocycles. The molecule has 1 heterocycles. The predicted octanol–water partition coefficient (Wildman–Crippen LogP) is 3.03. The highest BCUT2D eigenvalue weighted by atomic mass is 16.5. The van der Waals surface area contributed by atoms with Gasteiger partial charge in [-0.25, -0.2) is 9.78 Å². The third kappa shape index (κ3) is 2.89. The molecule has 23 heavy (non-hydrogen) atoms. The zero-order valence-corrected chi connectivity index (χ0v) is 12.7. The van der Waals surface area contributed by atoms with Gasteiger partial charge >= 0.3 is 6.09 Å². The number of ether oxygens (including phenoxy) is 1. The number of amides is 1. The molecule has 0 atom stereocenters. The molecule has 6 nitrogen and oxygen atoms in total. The Morgan fingerprint density at radius 3 is 2.78 bits per heavy atom. The van der Waals surface area contributed by atoms with E-state index < -0.39 is 6.09 Å². The number of aliphatic hydroxyl groups is 1. The van der Waals surface area contributed by atoms with Crippen LogP contribution in [0.1, 0.15) is 12.5 Å². The first-order valence-electron chi connectivity index (χ1n) is 7.29. The second-order valence-corrected chi connectivity index (χ2v) is 5.10.